The second-order valence-corrected chi connectivity index (χ2v) is 20.9. The molecule has 0 N–H and O–H groups in total. The maximum atomic E-state index is 4.55. The minimum atomic E-state index is -2.09. The van der Waals surface area contributed by atoms with Gasteiger partial charge in [0.2, 0.25) is 0 Å². The fourth-order valence-electron chi connectivity index (χ4n) is 2.86. The quantitative estimate of drug-likeness (QED) is 0.547. The molecule has 1 rings (SSSR count). The van der Waals surface area contributed by atoms with Gasteiger partial charge < -0.3 is 0 Å². The normalized spacial score (nSPS) is 12.0. The molecule has 0 saturated heterocycles. The van der Waals surface area contributed by atoms with E-state index in [-0.39, 0.29) is 0 Å². The Kier molecular flexibility index (Phi) is 7.85. The van der Waals surface area contributed by atoms with Crippen molar-refractivity contribution in [2.75, 3.05) is 0 Å². The van der Waals surface area contributed by atoms with E-state index in [4.69, 9.17) is 0 Å². The number of rotatable bonds is 9. The predicted molar refractivity (Wildman–Crippen MR) is 86.8 cm³/mol. The topological polar surface area (TPSA) is 12.9 Å². The summed E-state index contributed by atoms with van der Waals surface area (Å²) in [5.74, 6) is 0. The summed E-state index contributed by atoms with van der Waals surface area (Å²) in [5, 5.41) is 1.27. The summed E-state index contributed by atoms with van der Waals surface area (Å²) < 4.78 is 6.41. The summed E-state index contributed by atoms with van der Waals surface area (Å²) in [6.07, 6.45) is 9.21. The van der Waals surface area contributed by atoms with Crippen molar-refractivity contribution < 1.29 is 0 Å². The molecule has 18 heavy (non-hydrogen) atoms. The molecule has 0 atom stereocenters. The zero-order chi connectivity index (χ0) is 13.4. The summed E-state index contributed by atoms with van der Waals surface area (Å²) in [7, 11) is 0. The van der Waals surface area contributed by atoms with Gasteiger partial charge in [0.25, 0.3) is 0 Å². The van der Waals surface area contributed by atoms with Crippen LogP contribution in [-0.4, -0.2) is 23.4 Å². The molecule has 104 valence electrons. The SMILES string of the molecule is CCC[CH2][Sn]([CH2]CC)([CH2]CCC)[c]1cnc(C)s1. The van der Waals surface area contributed by atoms with E-state index in [0.29, 0.717) is 0 Å². The van der Waals surface area contributed by atoms with E-state index in [0.717, 1.165) is 0 Å². The molecule has 0 bridgehead atoms. The fourth-order valence-corrected chi connectivity index (χ4v) is 22.6. The third-order valence-corrected chi connectivity index (χ3v) is 23.4. The zero-order valence-electron chi connectivity index (χ0n) is 12.6. The van der Waals surface area contributed by atoms with Crippen LogP contribution in [0, 0.1) is 6.92 Å². The molecule has 0 fully saturated rings. The van der Waals surface area contributed by atoms with Crippen LogP contribution in [0.25, 0.3) is 0 Å². The Morgan fingerprint density at radius 3 is 2.00 bits per heavy atom. The Balaban J connectivity index is 2.93. The molecule has 0 aromatic carbocycles. The van der Waals surface area contributed by atoms with E-state index < -0.39 is 18.4 Å². The number of nitrogens with zero attached hydrogens (tertiary/aromatic N) is 1. The molecule has 0 radical (unpaired) electrons. The van der Waals surface area contributed by atoms with Crippen LogP contribution in [0.4, 0.5) is 0 Å². The van der Waals surface area contributed by atoms with Gasteiger partial charge in [-0.25, -0.2) is 0 Å². The molecule has 0 saturated carbocycles. The summed E-state index contributed by atoms with van der Waals surface area (Å²) in [6.45, 7) is 9.20. The van der Waals surface area contributed by atoms with Gasteiger partial charge in [-0.05, 0) is 0 Å². The maximum absolute atomic E-state index is 4.55. The summed E-state index contributed by atoms with van der Waals surface area (Å²) in [5.41, 5.74) is 0. The van der Waals surface area contributed by atoms with Gasteiger partial charge in [0.05, 0.1) is 0 Å². The summed E-state index contributed by atoms with van der Waals surface area (Å²) >= 11 is -0.0689. The number of unbranched alkanes of at least 4 members (excludes halogenated alkanes) is 2. The van der Waals surface area contributed by atoms with Gasteiger partial charge in [0.1, 0.15) is 0 Å². The monoisotopic (exact) mass is 375 g/mol. The Labute approximate surface area is 121 Å². The van der Waals surface area contributed by atoms with Crippen LogP contribution < -0.4 is 2.89 Å². The van der Waals surface area contributed by atoms with Gasteiger partial charge in [0, 0.05) is 0 Å². The third kappa shape index (κ3) is 4.52. The number of hydrogen-bond donors (Lipinski definition) is 0. The Morgan fingerprint density at radius 1 is 1.00 bits per heavy atom. The van der Waals surface area contributed by atoms with E-state index in [9.17, 15) is 0 Å². The van der Waals surface area contributed by atoms with Crippen molar-refractivity contribution in [1.82, 2.24) is 4.98 Å². The summed E-state index contributed by atoms with van der Waals surface area (Å²) in [6, 6.07) is 0. The second-order valence-electron chi connectivity index (χ2n) is 5.48. The van der Waals surface area contributed by atoms with Crippen LogP contribution in [0.1, 0.15) is 57.9 Å². The van der Waals surface area contributed by atoms with Crippen LogP contribution in [0.15, 0.2) is 6.20 Å². The van der Waals surface area contributed by atoms with E-state index >= 15 is 0 Å². The minimum absolute atomic E-state index is 1.27. The van der Waals surface area contributed by atoms with E-state index in [2.05, 4.69) is 38.9 Å². The second kappa shape index (κ2) is 8.57. The molecular weight excluding hydrogens is 345 g/mol. The third-order valence-electron chi connectivity index (χ3n) is 3.89. The van der Waals surface area contributed by atoms with Crippen molar-refractivity contribution in [2.45, 2.75) is 73.1 Å². The summed E-state index contributed by atoms with van der Waals surface area (Å²) in [4.78, 5) is 4.55. The van der Waals surface area contributed by atoms with Crippen LogP contribution in [0.2, 0.25) is 13.3 Å². The van der Waals surface area contributed by atoms with Crippen LogP contribution in [0.3, 0.4) is 0 Å². The molecule has 1 heterocycles. The number of hydrogen-bond acceptors (Lipinski definition) is 2. The van der Waals surface area contributed by atoms with E-state index in [1.807, 2.05) is 11.3 Å². The van der Waals surface area contributed by atoms with Crippen molar-refractivity contribution in [2.24, 2.45) is 0 Å². The average molecular weight is 374 g/mol. The van der Waals surface area contributed by atoms with Gasteiger partial charge in [-0.2, -0.15) is 0 Å². The van der Waals surface area contributed by atoms with Crippen molar-refractivity contribution in [3.63, 3.8) is 0 Å². The van der Waals surface area contributed by atoms with Crippen molar-refractivity contribution in [1.29, 1.82) is 0 Å². The van der Waals surface area contributed by atoms with Crippen molar-refractivity contribution in [3.05, 3.63) is 11.2 Å². The fraction of sp³-hybridized carbons (Fsp3) is 0.800. The predicted octanol–water partition coefficient (Wildman–Crippen LogP) is 5.12. The molecule has 3 heteroatoms. The number of aromatic nitrogens is 1. The first-order valence-corrected chi connectivity index (χ1v) is 15.9. The Bertz CT molecular complexity index is 327. The van der Waals surface area contributed by atoms with Gasteiger partial charge >= 0.3 is 122 Å². The standard InChI is InChI=1S/C4H4NS.2C4H9.C3H7.Sn/c1-4-5-2-3-6-4;2*1-3-4-2;1-3-2;/h2H,1H3;2*1,3-4H2,2H3;1,3H2,2H3;. The van der Waals surface area contributed by atoms with Crippen molar-refractivity contribution in [3.8, 4) is 0 Å². The first kappa shape index (κ1) is 16.5. The van der Waals surface area contributed by atoms with Gasteiger partial charge in [-0.1, -0.05) is 0 Å². The van der Waals surface area contributed by atoms with Crippen molar-refractivity contribution >= 4 is 32.6 Å². The van der Waals surface area contributed by atoms with Gasteiger partial charge in [0.15, 0.2) is 0 Å². The molecule has 1 aromatic heterocycles. The molecule has 0 unspecified atom stereocenters. The molecule has 1 aromatic rings. The molecule has 0 aliphatic heterocycles. The van der Waals surface area contributed by atoms with E-state index in [1.54, 1.807) is 11.8 Å². The molecule has 0 aliphatic rings. The Morgan fingerprint density at radius 2 is 1.61 bits per heavy atom. The van der Waals surface area contributed by atoms with Gasteiger partial charge in [-0.15, -0.1) is 0 Å². The average Bonchev–Trinajstić information content (AvgIpc) is 2.80. The Hall–Kier alpha value is 0.429. The molecule has 1 nitrogen and oxygen atoms in total. The first-order chi connectivity index (χ1) is 8.68. The molecule has 0 spiro atoms. The van der Waals surface area contributed by atoms with E-state index in [1.165, 1.54) is 41.5 Å². The number of thiazole rings is 1. The van der Waals surface area contributed by atoms with Crippen LogP contribution in [-0.2, 0) is 0 Å². The molecule has 0 amide bonds. The van der Waals surface area contributed by atoms with Crippen LogP contribution >= 0.6 is 11.3 Å². The molecular formula is C15H29NSSn. The van der Waals surface area contributed by atoms with Crippen LogP contribution in [0.5, 0.6) is 0 Å². The molecule has 0 aliphatic carbocycles. The number of aryl methyl sites for hydroxylation is 1. The van der Waals surface area contributed by atoms with Gasteiger partial charge in [-0.3, -0.25) is 0 Å². The first-order valence-electron chi connectivity index (χ1n) is 7.61. The zero-order valence-corrected chi connectivity index (χ0v) is 16.3.